The topological polar surface area (TPSA) is 239 Å². The summed E-state index contributed by atoms with van der Waals surface area (Å²) in [6.45, 7) is 6.36. The Bertz CT molecular complexity index is 2090. The molecule has 4 N–H and O–H groups in total. The number of carbonyl (C=O) groups excluding carboxylic acids is 6. The summed E-state index contributed by atoms with van der Waals surface area (Å²) >= 11 is 0. The molecular formula is C38H38O16. The SMILES string of the molecule is CC(=O)OCC12Oc3ccc(-c4ccc(O)c5c4OC4(COC(C)=O)C(=C5O)C(=O)CC(C)C4OC(C)=O)c(O)c3C(O)=C1C(=O)CC(C)C2OC(C)=O. The molecule has 6 unspecified atom stereocenters. The van der Waals surface area contributed by atoms with Crippen molar-refractivity contribution >= 4 is 47.0 Å². The molecule has 2 saturated carbocycles. The number of benzene rings is 2. The lowest BCUT2D eigenvalue weighted by Gasteiger charge is -2.48. The van der Waals surface area contributed by atoms with Gasteiger partial charge in [-0.15, -0.1) is 0 Å². The number of phenolic OH excluding ortho intramolecular Hbond substituents is 2. The van der Waals surface area contributed by atoms with E-state index in [1.807, 2.05) is 0 Å². The first-order valence-electron chi connectivity index (χ1n) is 17.0. The van der Waals surface area contributed by atoms with Crippen LogP contribution in [0.1, 0.15) is 65.5 Å². The van der Waals surface area contributed by atoms with E-state index in [1.165, 1.54) is 18.2 Å². The minimum absolute atomic E-state index is 0.0425. The number of aliphatic hydroxyl groups is 2. The number of aromatic hydroxyl groups is 2. The third-order valence-electron chi connectivity index (χ3n) is 10.0. The predicted molar refractivity (Wildman–Crippen MR) is 183 cm³/mol. The molecule has 2 heterocycles. The Morgan fingerprint density at radius 3 is 1.61 bits per heavy atom. The minimum Gasteiger partial charge on any atom is -0.507 e. The minimum atomic E-state index is -2.13. The van der Waals surface area contributed by atoms with Crippen molar-refractivity contribution in [3.63, 3.8) is 0 Å². The molecule has 16 nitrogen and oxygen atoms in total. The van der Waals surface area contributed by atoms with E-state index < -0.39 is 118 Å². The molecule has 6 atom stereocenters. The molecule has 6 rings (SSSR count). The molecule has 0 amide bonds. The number of hydrogen-bond acceptors (Lipinski definition) is 16. The Hall–Kier alpha value is -6.06. The van der Waals surface area contributed by atoms with E-state index in [4.69, 9.17) is 28.4 Å². The number of fused-ring (bicyclic) bond motifs is 4. The van der Waals surface area contributed by atoms with Crippen molar-refractivity contribution in [1.29, 1.82) is 0 Å². The van der Waals surface area contributed by atoms with Crippen LogP contribution in [-0.2, 0) is 47.7 Å². The van der Waals surface area contributed by atoms with Gasteiger partial charge in [-0.05, 0) is 24.3 Å². The number of ether oxygens (including phenoxy) is 6. The number of carbonyl (C=O) groups is 6. The summed E-state index contributed by atoms with van der Waals surface area (Å²) in [5.41, 5.74) is -5.87. The molecule has 0 spiro atoms. The molecule has 0 radical (unpaired) electrons. The molecule has 4 aliphatic rings. The Labute approximate surface area is 307 Å². The third kappa shape index (κ3) is 5.85. The maximum Gasteiger partial charge on any atom is 0.303 e. The molecule has 2 aliphatic heterocycles. The van der Waals surface area contributed by atoms with Gasteiger partial charge in [0, 0.05) is 63.5 Å². The lowest BCUT2D eigenvalue weighted by atomic mass is 9.69. The zero-order valence-corrected chi connectivity index (χ0v) is 30.1. The number of phenols is 2. The van der Waals surface area contributed by atoms with Gasteiger partial charge < -0.3 is 48.8 Å². The summed E-state index contributed by atoms with van der Waals surface area (Å²) in [7, 11) is 0. The van der Waals surface area contributed by atoms with Gasteiger partial charge in [-0.3, -0.25) is 28.8 Å². The molecule has 286 valence electrons. The maximum absolute atomic E-state index is 13.7. The standard InChI is InChI=1S/C38H38O16/c1-15-11-25(45)30-33(48)28-26(53-37(30,13-49-17(3)39)35(15)51-19(5)41)10-8-21(31(28)46)22-7-9-23(43)27-32(47)29-24(44)12-16(2)36(52-20(6)42)38(29,54-34(22)27)14-50-18(4)40/h7-10,15-16,35-36,43,46-48H,11-14H2,1-6H3. The average molecular weight is 751 g/mol. The number of esters is 4. The van der Waals surface area contributed by atoms with Crippen LogP contribution in [0.2, 0.25) is 0 Å². The highest BCUT2D eigenvalue weighted by molar-refractivity contribution is 6.08. The van der Waals surface area contributed by atoms with Crippen molar-refractivity contribution < 1.29 is 77.6 Å². The van der Waals surface area contributed by atoms with Crippen molar-refractivity contribution in [2.24, 2.45) is 11.8 Å². The fourth-order valence-corrected chi connectivity index (χ4v) is 7.98. The van der Waals surface area contributed by atoms with Crippen LogP contribution in [0.15, 0.2) is 35.4 Å². The number of aliphatic hydroxyl groups excluding tert-OH is 2. The summed E-state index contributed by atoms with van der Waals surface area (Å²) in [6, 6.07) is 5.09. The first kappa shape index (κ1) is 37.7. The van der Waals surface area contributed by atoms with Crippen LogP contribution in [0.25, 0.3) is 22.6 Å². The van der Waals surface area contributed by atoms with Crippen LogP contribution in [0.5, 0.6) is 23.0 Å². The number of rotatable bonds is 7. The molecule has 0 saturated heterocycles. The van der Waals surface area contributed by atoms with Gasteiger partial charge in [0.2, 0.25) is 11.2 Å². The second kappa shape index (κ2) is 13.4. The van der Waals surface area contributed by atoms with E-state index >= 15 is 0 Å². The summed E-state index contributed by atoms with van der Waals surface area (Å²) in [4.78, 5) is 75.9. The van der Waals surface area contributed by atoms with Crippen molar-refractivity contribution in [3.05, 3.63) is 46.5 Å². The lowest BCUT2D eigenvalue weighted by molar-refractivity contribution is -0.178. The van der Waals surface area contributed by atoms with Crippen LogP contribution in [0.3, 0.4) is 0 Å². The lowest BCUT2D eigenvalue weighted by Crippen LogP contribution is -2.63. The van der Waals surface area contributed by atoms with E-state index in [1.54, 1.807) is 13.8 Å². The molecule has 0 bridgehead atoms. The summed E-state index contributed by atoms with van der Waals surface area (Å²) in [6.07, 6.45) is -2.94. The summed E-state index contributed by atoms with van der Waals surface area (Å²) in [5, 5.41) is 46.5. The number of hydrogen-bond donors (Lipinski definition) is 4. The highest BCUT2D eigenvalue weighted by Crippen LogP contribution is 2.57. The summed E-state index contributed by atoms with van der Waals surface area (Å²) in [5.74, 6) is -8.95. The van der Waals surface area contributed by atoms with Crippen molar-refractivity contribution in [2.75, 3.05) is 13.2 Å². The van der Waals surface area contributed by atoms with Gasteiger partial charge >= 0.3 is 23.9 Å². The monoisotopic (exact) mass is 750 g/mol. The highest BCUT2D eigenvalue weighted by atomic mass is 16.6. The maximum atomic E-state index is 13.7. The molecule has 16 heteroatoms. The molecular weight excluding hydrogens is 712 g/mol. The Morgan fingerprint density at radius 1 is 0.667 bits per heavy atom. The van der Waals surface area contributed by atoms with Gasteiger partial charge in [0.1, 0.15) is 58.9 Å². The van der Waals surface area contributed by atoms with E-state index in [-0.39, 0.29) is 46.6 Å². The molecule has 2 aromatic rings. The van der Waals surface area contributed by atoms with Gasteiger partial charge in [-0.2, -0.15) is 0 Å². The van der Waals surface area contributed by atoms with Gasteiger partial charge in [-0.1, -0.05) is 13.8 Å². The predicted octanol–water partition coefficient (Wildman–Crippen LogP) is 3.77. The zero-order chi connectivity index (χ0) is 39.6. The van der Waals surface area contributed by atoms with E-state index in [0.717, 1.165) is 33.8 Å². The molecule has 2 aromatic carbocycles. The zero-order valence-electron chi connectivity index (χ0n) is 30.1. The Morgan fingerprint density at radius 2 is 1.13 bits per heavy atom. The fraction of sp³-hybridized carbons (Fsp3) is 0.421. The van der Waals surface area contributed by atoms with Gasteiger partial charge in [0.05, 0.1) is 11.1 Å². The fourth-order valence-electron chi connectivity index (χ4n) is 7.98. The van der Waals surface area contributed by atoms with Gasteiger partial charge in [0.25, 0.3) is 0 Å². The average Bonchev–Trinajstić information content (AvgIpc) is 3.06. The second-order valence-electron chi connectivity index (χ2n) is 13.9. The first-order valence-corrected chi connectivity index (χ1v) is 17.0. The first-order chi connectivity index (χ1) is 25.3. The van der Waals surface area contributed by atoms with Crippen LogP contribution < -0.4 is 9.47 Å². The highest BCUT2D eigenvalue weighted by Gasteiger charge is 2.62. The quantitative estimate of drug-likeness (QED) is 0.233. The molecule has 2 aliphatic carbocycles. The largest absolute Gasteiger partial charge is 0.507 e. The normalized spacial score (nSPS) is 26.9. The third-order valence-corrected chi connectivity index (χ3v) is 10.0. The smallest absolute Gasteiger partial charge is 0.303 e. The molecule has 54 heavy (non-hydrogen) atoms. The van der Waals surface area contributed by atoms with E-state index in [2.05, 4.69) is 0 Å². The molecule has 0 aromatic heterocycles. The second-order valence-corrected chi connectivity index (χ2v) is 13.9. The van der Waals surface area contributed by atoms with Crippen molar-refractivity contribution in [3.8, 4) is 34.1 Å². The number of Topliss-reactive ketones (excluding diaryl/α,β-unsaturated/α-hetero) is 2. The van der Waals surface area contributed by atoms with Crippen LogP contribution in [0, 0.1) is 11.8 Å². The van der Waals surface area contributed by atoms with Gasteiger partial charge in [0.15, 0.2) is 23.8 Å². The van der Waals surface area contributed by atoms with Crippen molar-refractivity contribution in [2.45, 2.75) is 77.8 Å². The van der Waals surface area contributed by atoms with Crippen LogP contribution in [-0.4, -0.2) is 92.5 Å². The van der Waals surface area contributed by atoms with Gasteiger partial charge in [-0.25, -0.2) is 0 Å². The Kier molecular flexibility index (Phi) is 9.36. The van der Waals surface area contributed by atoms with E-state index in [9.17, 15) is 49.2 Å². The van der Waals surface area contributed by atoms with Crippen LogP contribution >= 0.6 is 0 Å². The van der Waals surface area contributed by atoms with E-state index in [0.29, 0.717) is 0 Å². The van der Waals surface area contributed by atoms with Crippen LogP contribution in [0.4, 0.5) is 0 Å². The summed E-state index contributed by atoms with van der Waals surface area (Å²) < 4.78 is 34.7. The Balaban J connectivity index is 1.58. The number of ketones is 2. The van der Waals surface area contributed by atoms with Crippen molar-refractivity contribution in [1.82, 2.24) is 0 Å². The molecule has 2 fully saturated rings.